The van der Waals surface area contributed by atoms with Crippen LogP contribution in [0.15, 0.2) is 12.2 Å². The molecule has 62 valence electrons. The summed E-state index contributed by atoms with van der Waals surface area (Å²) in [6, 6.07) is 0. The third kappa shape index (κ3) is 2.35. The fourth-order valence-corrected chi connectivity index (χ4v) is 1.17. The summed E-state index contributed by atoms with van der Waals surface area (Å²) in [5.41, 5.74) is 0. The normalized spacial score (nSPS) is 19.2. The SMILES string of the molecule is C/C=C\C(=N)N1CCNCC1. The van der Waals surface area contributed by atoms with Crippen molar-refractivity contribution in [1.82, 2.24) is 10.2 Å². The Balaban J connectivity index is 2.38. The minimum Gasteiger partial charge on any atom is -0.355 e. The van der Waals surface area contributed by atoms with Gasteiger partial charge < -0.3 is 10.2 Å². The van der Waals surface area contributed by atoms with Crippen molar-refractivity contribution in [2.24, 2.45) is 0 Å². The summed E-state index contributed by atoms with van der Waals surface area (Å²) in [6.45, 7) is 5.86. The molecule has 0 saturated carbocycles. The Bertz CT molecular complexity index is 157. The fraction of sp³-hybridized carbons (Fsp3) is 0.625. The largest absolute Gasteiger partial charge is 0.355 e. The molecule has 2 N–H and O–H groups in total. The Morgan fingerprint density at radius 3 is 2.64 bits per heavy atom. The summed E-state index contributed by atoms with van der Waals surface area (Å²) in [5.74, 6) is 0.633. The fourth-order valence-electron chi connectivity index (χ4n) is 1.17. The maximum absolute atomic E-state index is 7.59. The second kappa shape index (κ2) is 4.13. The molecule has 0 radical (unpaired) electrons. The highest BCUT2D eigenvalue weighted by atomic mass is 15.2. The van der Waals surface area contributed by atoms with Gasteiger partial charge in [0.1, 0.15) is 5.84 Å². The van der Waals surface area contributed by atoms with Gasteiger partial charge in [0.25, 0.3) is 0 Å². The van der Waals surface area contributed by atoms with E-state index in [9.17, 15) is 0 Å². The molecule has 0 bridgehead atoms. The van der Waals surface area contributed by atoms with Crippen LogP contribution in [-0.2, 0) is 0 Å². The molecule has 0 aromatic carbocycles. The van der Waals surface area contributed by atoms with Gasteiger partial charge in [-0.15, -0.1) is 0 Å². The number of piperazine rings is 1. The average molecular weight is 153 g/mol. The summed E-state index contributed by atoms with van der Waals surface area (Å²) in [4.78, 5) is 2.08. The first-order valence-electron chi connectivity index (χ1n) is 4.01. The molecule has 1 rings (SSSR count). The zero-order valence-corrected chi connectivity index (χ0v) is 6.93. The summed E-state index contributed by atoms with van der Waals surface area (Å²) < 4.78 is 0. The third-order valence-electron chi connectivity index (χ3n) is 1.78. The first-order chi connectivity index (χ1) is 5.34. The van der Waals surface area contributed by atoms with Gasteiger partial charge in [0.15, 0.2) is 0 Å². The Morgan fingerprint density at radius 1 is 1.45 bits per heavy atom. The van der Waals surface area contributed by atoms with Crippen LogP contribution >= 0.6 is 0 Å². The molecule has 1 aliphatic heterocycles. The van der Waals surface area contributed by atoms with Crippen LogP contribution in [-0.4, -0.2) is 36.9 Å². The van der Waals surface area contributed by atoms with Crippen molar-refractivity contribution >= 4 is 5.84 Å². The Hall–Kier alpha value is -0.830. The van der Waals surface area contributed by atoms with Crippen LogP contribution in [0.2, 0.25) is 0 Å². The van der Waals surface area contributed by atoms with Crippen LogP contribution in [0, 0.1) is 5.41 Å². The molecular weight excluding hydrogens is 138 g/mol. The van der Waals surface area contributed by atoms with E-state index in [0.29, 0.717) is 5.84 Å². The molecule has 0 atom stereocenters. The molecule has 11 heavy (non-hydrogen) atoms. The van der Waals surface area contributed by atoms with Crippen LogP contribution in [0.1, 0.15) is 6.92 Å². The van der Waals surface area contributed by atoms with E-state index in [1.165, 1.54) is 0 Å². The lowest BCUT2D eigenvalue weighted by atomic mass is 10.3. The second-order valence-electron chi connectivity index (χ2n) is 2.62. The van der Waals surface area contributed by atoms with Gasteiger partial charge in [-0.1, -0.05) is 6.08 Å². The summed E-state index contributed by atoms with van der Waals surface area (Å²) >= 11 is 0. The molecule has 3 nitrogen and oxygen atoms in total. The lowest BCUT2D eigenvalue weighted by molar-refractivity contribution is 0.357. The van der Waals surface area contributed by atoms with Gasteiger partial charge in [-0.3, -0.25) is 5.41 Å². The van der Waals surface area contributed by atoms with E-state index in [4.69, 9.17) is 5.41 Å². The van der Waals surface area contributed by atoms with Crippen molar-refractivity contribution in [3.8, 4) is 0 Å². The van der Waals surface area contributed by atoms with E-state index >= 15 is 0 Å². The van der Waals surface area contributed by atoms with Gasteiger partial charge in [-0.25, -0.2) is 0 Å². The van der Waals surface area contributed by atoms with Crippen LogP contribution in [0.4, 0.5) is 0 Å². The minimum atomic E-state index is 0.633. The number of hydrogen-bond acceptors (Lipinski definition) is 2. The quantitative estimate of drug-likeness (QED) is 0.424. The minimum absolute atomic E-state index is 0.633. The summed E-state index contributed by atoms with van der Waals surface area (Å²) in [5, 5.41) is 10.8. The van der Waals surface area contributed by atoms with Crippen LogP contribution < -0.4 is 5.32 Å². The van der Waals surface area contributed by atoms with Crippen LogP contribution in [0.3, 0.4) is 0 Å². The molecule has 0 aliphatic carbocycles. The zero-order valence-electron chi connectivity index (χ0n) is 6.93. The summed E-state index contributed by atoms with van der Waals surface area (Å²) in [7, 11) is 0. The number of nitrogens with one attached hydrogen (secondary N) is 2. The molecule has 0 unspecified atom stereocenters. The molecular formula is C8H15N3. The van der Waals surface area contributed by atoms with Gasteiger partial charge in [0, 0.05) is 26.2 Å². The zero-order chi connectivity index (χ0) is 8.10. The highest BCUT2D eigenvalue weighted by Gasteiger charge is 2.09. The number of amidine groups is 1. The molecule has 1 saturated heterocycles. The lowest BCUT2D eigenvalue weighted by Gasteiger charge is -2.28. The van der Waals surface area contributed by atoms with E-state index in [0.717, 1.165) is 26.2 Å². The van der Waals surface area contributed by atoms with Gasteiger partial charge in [0.05, 0.1) is 0 Å². The van der Waals surface area contributed by atoms with Crippen molar-refractivity contribution in [3.05, 3.63) is 12.2 Å². The average Bonchev–Trinajstić information content (AvgIpc) is 2.07. The standard InChI is InChI=1S/C8H15N3/c1-2-3-8(9)11-6-4-10-5-7-11/h2-3,9-10H,4-7H2,1H3/b3-2-,9-8?. The van der Waals surface area contributed by atoms with E-state index < -0.39 is 0 Å². The van der Waals surface area contributed by atoms with Gasteiger partial charge in [-0.05, 0) is 13.0 Å². The number of hydrogen-bond donors (Lipinski definition) is 2. The van der Waals surface area contributed by atoms with Crippen molar-refractivity contribution in [1.29, 1.82) is 5.41 Å². The van der Waals surface area contributed by atoms with Gasteiger partial charge in [0.2, 0.25) is 0 Å². The molecule has 1 aliphatic rings. The van der Waals surface area contributed by atoms with Crippen LogP contribution in [0.5, 0.6) is 0 Å². The highest BCUT2D eigenvalue weighted by molar-refractivity contribution is 5.90. The molecule has 0 aromatic heterocycles. The first-order valence-corrected chi connectivity index (χ1v) is 4.01. The molecule has 0 amide bonds. The molecule has 0 aromatic rings. The van der Waals surface area contributed by atoms with E-state index in [1.54, 1.807) is 0 Å². The number of allylic oxidation sites excluding steroid dienone is 1. The molecule has 0 spiro atoms. The summed E-state index contributed by atoms with van der Waals surface area (Å²) in [6.07, 6.45) is 3.75. The third-order valence-corrected chi connectivity index (χ3v) is 1.78. The Morgan fingerprint density at radius 2 is 2.09 bits per heavy atom. The maximum atomic E-state index is 7.59. The van der Waals surface area contributed by atoms with Crippen molar-refractivity contribution in [3.63, 3.8) is 0 Å². The Kier molecular flexibility index (Phi) is 3.11. The molecule has 3 heteroatoms. The van der Waals surface area contributed by atoms with Crippen molar-refractivity contribution < 1.29 is 0 Å². The molecule has 1 fully saturated rings. The van der Waals surface area contributed by atoms with Gasteiger partial charge >= 0.3 is 0 Å². The van der Waals surface area contributed by atoms with Gasteiger partial charge in [-0.2, -0.15) is 0 Å². The smallest absolute Gasteiger partial charge is 0.120 e. The topological polar surface area (TPSA) is 39.1 Å². The Labute approximate surface area is 67.6 Å². The van der Waals surface area contributed by atoms with E-state index in [1.807, 2.05) is 19.1 Å². The predicted octanol–water partition coefficient (Wildman–Crippen LogP) is 0.445. The second-order valence-corrected chi connectivity index (χ2v) is 2.62. The van der Waals surface area contributed by atoms with E-state index in [-0.39, 0.29) is 0 Å². The first kappa shape index (κ1) is 8.27. The number of nitrogens with zero attached hydrogens (tertiary/aromatic N) is 1. The number of rotatable bonds is 1. The molecule has 1 heterocycles. The predicted molar refractivity (Wildman–Crippen MR) is 47.0 cm³/mol. The highest BCUT2D eigenvalue weighted by Crippen LogP contribution is 1.94. The maximum Gasteiger partial charge on any atom is 0.120 e. The lowest BCUT2D eigenvalue weighted by Crippen LogP contribution is -2.45. The van der Waals surface area contributed by atoms with Crippen molar-refractivity contribution in [2.45, 2.75) is 6.92 Å². The monoisotopic (exact) mass is 153 g/mol. The van der Waals surface area contributed by atoms with E-state index in [2.05, 4.69) is 10.2 Å². The van der Waals surface area contributed by atoms with Crippen LogP contribution in [0.25, 0.3) is 0 Å². The van der Waals surface area contributed by atoms with Crippen molar-refractivity contribution in [2.75, 3.05) is 26.2 Å².